The summed E-state index contributed by atoms with van der Waals surface area (Å²) >= 11 is 11.8. The molecule has 1 N–H and O–H groups in total. The molecule has 13 heteroatoms. The number of carboxylic acid groups (broad SMARTS) is 1. The molecule has 34 heavy (non-hydrogen) atoms. The van der Waals surface area contributed by atoms with Crippen LogP contribution in [0.25, 0.3) is 0 Å². The van der Waals surface area contributed by atoms with Crippen LogP contribution in [0.5, 0.6) is 11.5 Å². The van der Waals surface area contributed by atoms with E-state index in [2.05, 4.69) is 4.74 Å². The second-order valence-corrected chi connectivity index (χ2v) is 7.03. The summed E-state index contributed by atoms with van der Waals surface area (Å²) < 4.78 is 10.0. The van der Waals surface area contributed by atoms with Gasteiger partial charge in [-0.25, -0.2) is 9.59 Å². The third-order valence-corrected chi connectivity index (χ3v) is 4.55. The average molecular weight is 509 g/mol. The van der Waals surface area contributed by atoms with Crippen molar-refractivity contribution in [1.82, 2.24) is 0 Å². The van der Waals surface area contributed by atoms with Gasteiger partial charge in [0.2, 0.25) is 0 Å². The van der Waals surface area contributed by atoms with Gasteiger partial charge < -0.3 is 14.6 Å². The monoisotopic (exact) mass is 508 g/mol. The first-order valence-corrected chi connectivity index (χ1v) is 9.77. The number of ether oxygens (including phenoxy) is 2. The first-order chi connectivity index (χ1) is 16.0. The molecule has 0 aliphatic carbocycles. The van der Waals surface area contributed by atoms with Crippen molar-refractivity contribution in [3.05, 3.63) is 102 Å². The van der Waals surface area contributed by atoms with E-state index >= 15 is 0 Å². The Balaban J connectivity index is 0.000000287. The molecule has 0 heterocycles. The molecule has 0 amide bonds. The summed E-state index contributed by atoms with van der Waals surface area (Å²) in [5, 5.41) is 30.4. The topological polar surface area (TPSA) is 159 Å². The molecule has 3 aromatic carbocycles. The number of para-hydroxylation sites is 1. The molecule has 0 unspecified atom stereocenters. The lowest BCUT2D eigenvalue weighted by atomic mass is 10.1. The minimum Gasteiger partial charge on any atom is -0.477 e. The van der Waals surface area contributed by atoms with Gasteiger partial charge in [-0.15, -0.1) is 0 Å². The predicted molar refractivity (Wildman–Crippen MR) is 121 cm³/mol. The Morgan fingerprint density at radius 2 is 1.50 bits per heavy atom. The zero-order valence-corrected chi connectivity index (χ0v) is 18.6. The maximum Gasteiger partial charge on any atom is 0.345 e. The molecule has 0 saturated heterocycles. The summed E-state index contributed by atoms with van der Waals surface area (Å²) in [7, 11) is 1.13. The number of carbonyl (C=O) groups excluding carboxylic acids is 1. The Kier molecular flexibility index (Phi) is 8.87. The lowest BCUT2D eigenvalue weighted by Gasteiger charge is -2.09. The number of methoxy groups -OCH3 is 1. The van der Waals surface area contributed by atoms with Crippen molar-refractivity contribution in [2.24, 2.45) is 0 Å². The molecule has 3 rings (SSSR count). The van der Waals surface area contributed by atoms with Crippen molar-refractivity contribution in [1.29, 1.82) is 0 Å². The normalized spacial score (nSPS) is 9.85. The minimum atomic E-state index is -1.29. The van der Waals surface area contributed by atoms with Gasteiger partial charge in [0.25, 0.3) is 11.4 Å². The zero-order chi connectivity index (χ0) is 25.4. The standard InChI is InChI=1S/C14H9Cl2NO5.C7H5NO4/c1-21-14(18)10-7-9(3-4-12(10)17(19)20)22-13-5-2-8(15)6-11(13)16;9-7(10)5-3-1-2-4-6(5)8(11)12/h2-7H,1H3;1-4H,(H,9,10). The molecule has 0 spiro atoms. The largest absolute Gasteiger partial charge is 0.477 e. The van der Waals surface area contributed by atoms with E-state index in [1.165, 1.54) is 36.4 Å². The lowest BCUT2D eigenvalue weighted by molar-refractivity contribution is -0.385. The number of halogens is 2. The van der Waals surface area contributed by atoms with Gasteiger partial charge in [0.15, 0.2) is 0 Å². The van der Waals surface area contributed by atoms with Crippen molar-refractivity contribution < 1.29 is 34.0 Å². The predicted octanol–water partition coefficient (Wildman–Crippen LogP) is 5.77. The van der Waals surface area contributed by atoms with Gasteiger partial charge in [-0.2, -0.15) is 0 Å². The van der Waals surface area contributed by atoms with E-state index in [1.54, 1.807) is 12.1 Å². The summed E-state index contributed by atoms with van der Waals surface area (Å²) in [6.45, 7) is 0. The molecule has 0 fully saturated rings. The van der Waals surface area contributed by atoms with Gasteiger partial charge in [-0.05, 0) is 30.3 Å². The van der Waals surface area contributed by atoms with Gasteiger partial charge in [0, 0.05) is 23.2 Å². The maximum absolute atomic E-state index is 11.6. The first kappa shape index (κ1) is 26.0. The molecule has 0 radical (unpaired) electrons. The van der Waals surface area contributed by atoms with Crippen LogP contribution in [0.4, 0.5) is 11.4 Å². The molecule has 0 aliphatic heterocycles. The number of nitro benzene ring substituents is 2. The summed E-state index contributed by atoms with van der Waals surface area (Å²) in [6, 6.07) is 13.6. The van der Waals surface area contributed by atoms with Crippen LogP contribution in [0.1, 0.15) is 20.7 Å². The number of benzene rings is 3. The van der Waals surface area contributed by atoms with Crippen LogP contribution in [0.15, 0.2) is 60.7 Å². The number of nitro groups is 2. The lowest BCUT2D eigenvalue weighted by Crippen LogP contribution is -2.05. The molecule has 0 bridgehead atoms. The second-order valence-electron chi connectivity index (χ2n) is 6.18. The number of hydrogen-bond acceptors (Lipinski definition) is 8. The molecular weight excluding hydrogens is 495 g/mol. The van der Waals surface area contributed by atoms with Crippen LogP contribution in [-0.2, 0) is 4.74 Å². The van der Waals surface area contributed by atoms with E-state index in [0.717, 1.165) is 19.2 Å². The van der Waals surface area contributed by atoms with Gasteiger partial charge in [-0.3, -0.25) is 20.2 Å². The molecule has 176 valence electrons. The highest BCUT2D eigenvalue weighted by Gasteiger charge is 2.22. The van der Waals surface area contributed by atoms with E-state index in [4.69, 9.17) is 33.0 Å². The SMILES string of the molecule is COC(=O)c1cc(Oc2ccc(Cl)cc2Cl)ccc1[N+](=O)[O-].O=C(O)c1ccccc1[N+](=O)[O-]. The number of esters is 1. The fourth-order valence-electron chi connectivity index (χ4n) is 2.51. The Morgan fingerprint density at radius 1 is 0.882 bits per heavy atom. The minimum absolute atomic E-state index is 0.204. The van der Waals surface area contributed by atoms with Crippen molar-refractivity contribution in [2.45, 2.75) is 0 Å². The van der Waals surface area contributed by atoms with Crippen LogP contribution in [0, 0.1) is 20.2 Å². The molecular formula is C21H14Cl2N2O9. The number of nitrogens with zero attached hydrogens (tertiary/aromatic N) is 2. The van der Waals surface area contributed by atoms with Crippen LogP contribution >= 0.6 is 23.2 Å². The molecule has 0 atom stereocenters. The van der Waals surface area contributed by atoms with Crippen molar-refractivity contribution in [3.63, 3.8) is 0 Å². The van der Waals surface area contributed by atoms with Gasteiger partial charge in [0.05, 0.1) is 22.0 Å². The zero-order valence-electron chi connectivity index (χ0n) is 17.1. The van der Waals surface area contributed by atoms with Gasteiger partial charge in [0.1, 0.15) is 22.6 Å². The highest BCUT2D eigenvalue weighted by atomic mass is 35.5. The maximum atomic E-state index is 11.6. The third kappa shape index (κ3) is 6.64. The highest BCUT2D eigenvalue weighted by molar-refractivity contribution is 6.35. The number of hydrogen-bond donors (Lipinski definition) is 1. The van der Waals surface area contributed by atoms with Crippen LogP contribution in [-0.4, -0.2) is 34.0 Å². The molecule has 0 aliphatic rings. The number of aromatic carboxylic acids is 1. The summed E-state index contributed by atoms with van der Waals surface area (Å²) in [6.07, 6.45) is 0. The second kappa shape index (κ2) is 11.6. The van der Waals surface area contributed by atoms with Gasteiger partial charge >= 0.3 is 11.9 Å². The number of carbonyl (C=O) groups is 2. The summed E-state index contributed by atoms with van der Waals surface area (Å²) in [4.78, 5) is 41.8. The fraction of sp³-hybridized carbons (Fsp3) is 0.0476. The van der Waals surface area contributed by atoms with Crippen molar-refractivity contribution in [3.8, 4) is 11.5 Å². The van der Waals surface area contributed by atoms with Crippen molar-refractivity contribution >= 4 is 46.5 Å². The molecule has 0 saturated carbocycles. The van der Waals surface area contributed by atoms with E-state index in [9.17, 15) is 29.8 Å². The Hall–Kier alpha value is -4.22. The smallest absolute Gasteiger partial charge is 0.345 e. The van der Waals surface area contributed by atoms with E-state index < -0.39 is 21.8 Å². The van der Waals surface area contributed by atoms with E-state index in [0.29, 0.717) is 10.8 Å². The molecule has 3 aromatic rings. The summed E-state index contributed by atoms with van der Waals surface area (Å²) in [5.41, 5.74) is -1.26. The first-order valence-electron chi connectivity index (χ1n) is 9.01. The summed E-state index contributed by atoms with van der Waals surface area (Å²) in [5.74, 6) is -1.62. The fourth-order valence-corrected chi connectivity index (χ4v) is 2.96. The van der Waals surface area contributed by atoms with E-state index in [-0.39, 0.29) is 33.3 Å². The van der Waals surface area contributed by atoms with Crippen molar-refractivity contribution in [2.75, 3.05) is 7.11 Å². The highest BCUT2D eigenvalue weighted by Crippen LogP contribution is 2.33. The Labute approximate surface area is 201 Å². The van der Waals surface area contributed by atoms with Gasteiger partial charge in [-0.1, -0.05) is 35.3 Å². The van der Waals surface area contributed by atoms with E-state index in [1.807, 2.05) is 0 Å². The third-order valence-electron chi connectivity index (χ3n) is 4.02. The van der Waals surface area contributed by atoms with Crippen LogP contribution < -0.4 is 4.74 Å². The quantitative estimate of drug-likeness (QED) is 0.247. The number of carboxylic acids is 1. The Morgan fingerprint density at radius 3 is 2.03 bits per heavy atom. The molecule has 11 nitrogen and oxygen atoms in total. The van der Waals surface area contributed by atoms with Crippen LogP contribution in [0.2, 0.25) is 10.0 Å². The number of rotatable bonds is 6. The average Bonchev–Trinajstić information content (AvgIpc) is 2.80. The van der Waals surface area contributed by atoms with Crippen LogP contribution in [0.3, 0.4) is 0 Å². The Bertz CT molecular complexity index is 1230. The molecule has 0 aromatic heterocycles.